The minimum atomic E-state index is -3.86. The molecule has 3 rings (SSSR count). The van der Waals surface area contributed by atoms with Gasteiger partial charge < -0.3 is 4.74 Å². The minimum Gasteiger partial charge on any atom is -0.497 e. The van der Waals surface area contributed by atoms with Crippen LogP contribution in [0.15, 0.2) is 65.7 Å². The molecule has 2 heterocycles. The van der Waals surface area contributed by atoms with Crippen LogP contribution in [0.3, 0.4) is 0 Å². The van der Waals surface area contributed by atoms with Gasteiger partial charge in [-0.3, -0.25) is 4.98 Å². The third kappa shape index (κ3) is 4.22. The molecular weight excluding hydrogens is 357 g/mol. The molecule has 0 amide bonds. The third-order valence-electron chi connectivity index (χ3n) is 3.56. The standard InChI is InChI=1S/C18H16FN3O3S/c1-25-15-10-14(22-18(11-15)17-7-2-3-8-20-17)12-21-26(23,24)16-6-4-5-13(19)9-16/h2-11,21H,12H2,1H3. The second-order valence-electron chi connectivity index (χ2n) is 5.38. The molecule has 0 aliphatic rings. The Morgan fingerprint density at radius 3 is 2.62 bits per heavy atom. The molecule has 8 heteroatoms. The highest BCUT2D eigenvalue weighted by atomic mass is 32.2. The van der Waals surface area contributed by atoms with E-state index < -0.39 is 15.8 Å². The summed E-state index contributed by atoms with van der Waals surface area (Å²) in [6.45, 7) is -0.0735. The van der Waals surface area contributed by atoms with Crippen molar-refractivity contribution >= 4 is 10.0 Å². The lowest BCUT2D eigenvalue weighted by Crippen LogP contribution is -2.24. The Morgan fingerprint density at radius 2 is 1.92 bits per heavy atom. The Hall–Kier alpha value is -2.84. The van der Waals surface area contributed by atoms with Crippen molar-refractivity contribution in [2.24, 2.45) is 0 Å². The number of nitrogens with zero attached hydrogens (tertiary/aromatic N) is 2. The summed E-state index contributed by atoms with van der Waals surface area (Å²) in [6.07, 6.45) is 1.64. The van der Waals surface area contributed by atoms with Crippen LogP contribution in [0.5, 0.6) is 5.75 Å². The topological polar surface area (TPSA) is 81.2 Å². The Kier molecular flexibility index (Phi) is 5.24. The van der Waals surface area contributed by atoms with E-state index in [1.165, 1.54) is 25.3 Å². The first kappa shape index (κ1) is 18.0. The maximum absolute atomic E-state index is 13.3. The SMILES string of the molecule is COc1cc(CNS(=O)(=O)c2cccc(F)c2)nc(-c2ccccn2)c1. The third-order valence-corrected chi connectivity index (χ3v) is 4.96. The molecule has 26 heavy (non-hydrogen) atoms. The monoisotopic (exact) mass is 373 g/mol. The van der Waals surface area contributed by atoms with Gasteiger partial charge in [-0.2, -0.15) is 0 Å². The van der Waals surface area contributed by atoms with Crippen molar-refractivity contribution in [3.63, 3.8) is 0 Å². The van der Waals surface area contributed by atoms with Gasteiger partial charge in [-0.25, -0.2) is 22.5 Å². The van der Waals surface area contributed by atoms with Gasteiger partial charge in [-0.1, -0.05) is 12.1 Å². The van der Waals surface area contributed by atoms with E-state index in [1.807, 2.05) is 6.07 Å². The molecule has 0 aliphatic heterocycles. The zero-order valence-corrected chi connectivity index (χ0v) is 14.7. The van der Waals surface area contributed by atoms with Crippen molar-refractivity contribution in [3.8, 4) is 17.1 Å². The molecule has 2 aromatic heterocycles. The van der Waals surface area contributed by atoms with E-state index in [9.17, 15) is 12.8 Å². The molecule has 0 saturated carbocycles. The van der Waals surface area contributed by atoms with E-state index in [4.69, 9.17) is 4.74 Å². The van der Waals surface area contributed by atoms with Gasteiger partial charge in [-0.05, 0) is 30.3 Å². The summed E-state index contributed by atoms with van der Waals surface area (Å²) >= 11 is 0. The first-order chi connectivity index (χ1) is 12.5. The molecule has 3 aromatic rings. The van der Waals surface area contributed by atoms with Gasteiger partial charge >= 0.3 is 0 Å². The molecule has 0 spiro atoms. The lowest BCUT2D eigenvalue weighted by atomic mass is 10.2. The fourth-order valence-corrected chi connectivity index (χ4v) is 3.33. The van der Waals surface area contributed by atoms with E-state index in [1.54, 1.807) is 30.5 Å². The maximum Gasteiger partial charge on any atom is 0.241 e. The average Bonchev–Trinajstić information content (AvgIpc) is 2.67. The summed E-state index contributed by atoms with van der Waals surface area (Å²) < 4.78 is 45.6. The smallest absolute Gasteiger partial charge is 0.241 e. The zero-order valence-electron chi connectivity index (χ0n) is 13.9. The van der Waals surface area contributed by atoms with E-state index >= 15 is 0 Å². The lowest BCUT2D eigenvalue weighted by molar-refractivity contribution is 0.413. The van der Waals surface area contributed by atoms with Gasteiger partial charge in [0.1, 0.15) is 11.6 Å². The van der Waals surface area contributed by atoms with Crippen LogP contribution >= 0.6 is 0 Å². The number of pyridine rings is 2. The normalized spacial score (nSPS) is 11.3. The zero-order chi connectivity index (χ0) is 18.6. The van der Waals surface area contributed by atoms with Crippen molar-refractivity contribution in [2.45, 2.75) is 11.4 Å². The summed E-state index contributed by atoms with van der Waals surface area (Å²) in [4.78, 5) is 8.51. The number of sulfonamides is 1. The predicted octanol–water partition coefficient (Wildman–Crippen LogP) is 2.77. The molecule has 0 radical (unpaired) electrons. The van der Waals surface area contributed by atoms with Gasteiger partial charge in [-0.15, -0.1) is 0 Å². The Balaban J connectivity index is 1.86. The van der Waals surface area contributed by atoms with Crippen LogP contribution in [0, 0.1) is 5.82 Å². The van der Waals surface area contributed by atoms with Crippen LogP contribution < -0.4 is 9.46 Å². The number of rotatable bonds is 6. The maximum atomic E-state index is 13.3. The van der Waals surface area contributed by atoms with E-state index in [2.05, 4.69) is 14.7 Å². The van der Waals surface area contributed by atoms with Gasteiger partial charge in [0.25, 0.3) is 0 Å². The summed E-state index contributed by atoms with van der Waals surface area (Å²) in [5.41, 5.74) is 1.65. The number of hydrogen-bond donors (Lipinski definition) is 1. The number of benzene rings is 1. The molecule has 0 bridgehead atoms. The highest BCUT2D eigenvalue weighted by Gasteiger charge is 2.15. The quantitative estimate of drug-likeness (QED) is 0.719. The van der Waals surface area contributed by atoms with E-state index in [0.717, 1.165) is 6.07 Å². The van der Waals surface area contributed by atoms with Gasteiger partial charge in [0.2, 0.25) is 10.0 Å². The number of hydrogen-bond acceptors (Lipinski definition) is 5. The van der Waals surface area contributed by atoms with Gasteiger partial charge in [0, 0.05) is 18.3 Å². The fourth-order valence-electron chi connectivity index (χ4n) is 2.30. The largest absolute Gasteiger partial charge is 0.497 e. The van der Waals surface area contributed by atoms with Crippen LogP contribution in [0.4, 0.5) is 4.39 Å². The summed E-state index contributed by atoms with van der Waals surface area (Å²) in [5.74, 6) is -0.0922. The molecule has 0 unspecified atom stereocenters. The average molecular weight is 373 g/mol. The minimum absolute atomic E-state index is 0.0735. The number of ether oxygens (including phenoxy) is 1. The van der Waals surface area contributed by atoms with Gasteiger partial charge in [0.15, 0.2) is 0 Å². The van der Waals surface area contributed by atoms with Crippen molar-refractivity contribution in [3.05, 3.63) is 72.3 Å². The van der Waals surface area contributed by atoms with Crippen LogP contribution in [0.2, 0.25) is 0 Å². The first-order valence-corrected chi connectivity index (χ1v) is 9.18. The Labute approximate surface area is 150 Å². The molecule has 134 valence electrons. The second-order valence-corrected chi connectivity index (χ2v) is 7.15. The van der Waals surface area contributed by atoms with Crippen molar-refractivity contribution in [1.82, 2.24) is 14.7 Å². The van der Waals surface area contributed by atoms with Crippen LogP contribution in [0.25, 0.3) is 11.4 Å². The van der Waals surface area contributed by atoms with Crippen LogP contribution in [-0.4, -0.2) is 25.5 Å². The molecule has 1 aromatic carbocycles. The summed E-state index contributed by atoms with van der Waals surface area (Å²) in [5, 5.41) is 0. The Morgan fingerprint density at radius 1 is 1.08 bits per heavy atom. The van der Waals surface area contributed by atoms with Crippen LogP contribution in [-0.2, 0) is 16.6 Å². The predicted molar refractivity (Wildman–Crippen MR) is 94.4 cm³/mol. The van der Waals surface area contributed by atoms with Crippen LogP contribution in [0.1, 0.15) is 5.69 Å². The van der Waals surface area contributed by atoms with Crippen molar-refractivity contribution in [1.29, 1.82) is 0 Å². The molecule has 0 fully saturated rings. The summed E-state index contributed by atoms with van der Waals surface area (Å²) in [7, 11) is -2.35. The van der Waals surface area contributed by atoms with E-state index in [0.29, 0.717) is 22.8 Å². The lowest BCUT2D eigenvalue weighted by Gasteiger charge is -2.10. The molecular formula is C18H16FN3O3S. The second kappa shape index (κ2) is 7.59. The molecule has 1 N–H and O–H groups in total. The molecule has 6 nitrogen and oxygen atoms in total. The Bertz CT molecular complexity index is 1010. The number of methoxy groups -OCH3 is 1. The highest BCUT2D eigenvalue weighted by molar-refractivity contribution is 7.89. The number of halogens is 1. The molecule has 0 aliphatic carbocycles. The molecule has 0 saturated heterocycles. The number of aromatic nitrogens is 2. The molecule has 0 atom stereocenters. The fraction of sp³-hybridized carbons (Fsp3) is 0.111. The summed E-state index contributed by atoms with van der Waals surface area (Å²) in [6, 6.07) is 13.6. The first-order valence-electron chi connectivity index (χ1n) is 7.69. The number of nitrogens with one attached hydrogen (secondary N) is 1. The van der Waals surface area contributed by atoms with Gasteiger partial charge in [0.05, 0.1) is 35.6 Å². The van der Waals surface area contributed by atoms with Crippen molar-refractivity contribution in [2.75, 3.05) is 7.11 Å². The van der Waals surface area contributed by atoms with E-state index in [-0.39, 0.29) is 11.4 Å². The highest BCUT2D eigenvalue weighted by Crippen LogP contribution is 2.21. The van der Waals surface area contributed by atoms with Crippen molar-refractivity contribution < 1.29 is 17.5 Å².